The molecule has 0 spiro atoms. The third kappa shape index (κ3) is 7.61. The molecule has 0 radical (unpaired) electrons. The summed E-state index contributed by atoms with van der Waals surface area (Å²) in [6, 6.07) is 12.4. The Kier molecular flexibility index (Phi) is 11.4. The number of ether oxygens (including phenoxy) is 1. The second-order valence-electron chi connectivity index (χ2n) is 8.11. The lowest BCUT2D eigenvalue weighted by Crippen LogP contribution is -2.30. The average Bonchev–Trinajstić information content (AvgIpc) is 3.22. The average molecular weight is 532 g/mol. The van der Waals surface area contributed by atoms with E-state index in [1.165, 1.54) is 19.2 Å². The minimum absolute atomic E-state index is 0.0496. The minimum atomic E-state index is -4.55. The fourth-order valence-corrected chi connectivity index (χ4v) is 3.87. The molecule has 1 heterocycles. The van der Waals surface area contributed by atoms with Gasteiger partial charge in [0.25, 0.3) is 0 Å². The maximum atomic E-state index is 13.5. The summed E-state index contributed by atoms with van der Waals surface area (Å²) < 4.78 is 47.2. The Morgan fingerprint density at radius 2 is 1.82 bits per heavy atom. The number of para-hydroxylation sites is 1. The number of nitrogens with one attached hydrogen (secondary N) is 3. The van der Waals surface area contributed by atoms with Crippen LogP contribution in [0.4, 0.5) is 23.8 Å². The largest absolute Gasteiger partial charge is 0.416 e. The van der Waals surface area contributed by atoms with Crippen LogP contribution in [0.1, 0.15) is 55.1 Å². The molecule has 0 aliphatic carbocycles. The third-order valence-electron chi connectivity index (χ3n) is 5.58. The van der Waals surface area contributed by atoms with Crippen molar-refractivity contribution in [2.24, 2.45) is 0 Å². The van der Waals surface area contributed by atoms with Crippen molar-refractivity contribution in [2.45, 2.75) is 53.4 Å². The lowest BCUT2D eigenvalue weighted by atomic mass is 10.0. The zero-order valence-corrected chi connectivity index (χ0v) is 22.7. The number of methoxy groups -OCH3 is 1. The van der Waals surface area contributed by atoms with Gasteiger partial charge < -0.3 is 15.4 Å². The van der Waals surface area contributed by atoms with E-state index in [1.807, 2.05) is 64.2 Å². The molecule has 3 rings (SSSR count). The van der Waals surface area contributed by atoms with Crippen LogP contribution < -0.4 is 16.0 Å². The molecule has 10 heteroatoms. The lowest BCUT2D eigenvalue weighted by Gasteiger charge is -2.16. The highest BCUT2D eigenvalue weighted by Crippen LogP contribution is 2.33. The first-order valence-electron chi connectivity index (χ1n) is 12.4. The molecular formula is C28H36F3N5O2. The van der Waals surface area contributed by atoms with Gasteiger partial charge in [0.1, 0.15) is 5.82 Å². The van der Waals surface area contributed by atoms with Crippen LogP contribution in [0.15, 0.2) is 54.7 Å². The quantitative estimate of drug-likeness (QED) is 0.288. The van der Waals surface area contributed by atoms with Crippen molar-refractivity contribution >= 4 is 17.4 Å². The number of amides is 2. The first-order chi connectivity index (χ1) is 18.2. The molecule has 1 aromatic heterocycles. The Morgan fingerprint density at radius 1 is 1.13 bits per heavy atom. The summed E-state index contributed by atoms with van der Waals surface area (Å²) in [5, 5.41) is 13.1. The van der Waals surface area contributed by atoms with Gasteiger partial charge in [-0.25, -0.2) is 9.48 Å². The summed E-state index contributed by atoms with van der Waals surface area (Å²) in [5.41, 5.74) is 2.83. The number of benzene rings is 2. The van der Waals surface area contributed by atoms with Crippen LogP contribution in [0.3, 0.4) is 0 Å². The Labute approximate surface area is 222 Å². The molecule has 3 aromatic rings. The van der Waals surface area contributed by atoms with Gasteiger partial charge in [-0.05, 0) is 48.2 Å². The number of aromatic nitrogens is 2. The molecule has 0 aliphatic rings. The number of anilines is 1. The van der Waals surface area contributed by atoms with E-state index in [2.05, 4.69) is 16.0 Å². The highest BCUT2D eigenvalue weighted by atomic mass is 19.4. The number of urea groups is 1. The van der Waals surface area contributed by atoms with Crippen LogP contribution >= 0.6 is 0 Å². The SMILES string of the molecule is CC.CC/C(=C\NC)c1nn(-c2ccccc2)c(NC(=O)NCc2cc(COC)ccc2C(F)(F)F)c1C. The molecule has 0 saturated carbocycles. The van der Waals surface area contributed by atoms with Crippen molar-refractivity contribution in [2.75, 3.05) is 19.5 Å². The molecule has 2 amide bonds. The van der Waals surface area contributed by atoms with Gasteiger partial charge in [0, 0.05) is 32.5 Å². The van der Waals surface area contributed by atoms with Crippen molar-refractivity contribution in [3.8, 4) is 5.69 Å². The fourth-order valence-electron chi connectivity index (χ4n) is 3.87. The van der Waals surface area contributed by atoms with Crippen molar-refractivity contribution < 1.29 is 22.7 Å². The molecule has 0 fully saturated rings. The highest BCUT2D eigenvalue weighted by Gasteiger charge is 2.33. The molecule has 2 aromatic carbocycles. The van der Waals surface area contributed by atoms with Crippen LogP contribution in [0.5, 0.6) is 0 Å². The number of hydrogen-bond donors (Lipinski definition) is 3. The van der Waals surface area contributed by atoms with Crippen LogP contribution in [-0.2, 0) is 24.1 Å². The molecular weight excluding hydrogens is 495 g/mol. The van der Waals surface area contributed by atoms with E-state index >= 15 is 0 Å². The van der Waals surface area contributed by atoms with Crippen LogP contribution in [0.2, 0.25) is 0 Å². The molecule has 38 heavy (non-hydrogen) atoms. The smallest absolute Gasteiger partial charge is 0.394 e. The van der Waals surface area contributed by atoms with E-state index < -0.39 is 17.8 Å². The topological polar surface area (TPSA) is 80.2 Å². The minimum Gasteiger partial charge on any atom is -0.394 e. The summed E-state index contributed by atoms with van der Waals surface area (Å²) in [5.74, 6) is 0.424. The molecule has 0 atom stereocenters. The number of allylic oxidation sites excluding steroid dienone is 1. The van der Waals surface area contributed by atoms with Gasteiger partial charge in [-0.2, -0.15) is 18.3 Å². The second-order valence-corrected chi connectivity index (χ2v) is 8.11. The van der Waals surface area contributed by atoms with E-state index in [0.29, 0.717) is 23.5 Å². The Hall–Kier alpha value is -3.79. The Balaban J connectivity index is 0.00000247. The lowest BCUT2D eigenvalue weighted by molar-refractivity contribution is -0.138. The summed E-state index contributed by atoms with van der Waals surface area (Å²) in [6.45, 7) is 7.69. The fraction of sp³-hybridized carbons (Fsp3) is 0.357. The Bertz CT molecular complexity index is 1220. The first-order valence-corrected chi connectivity index (χ1v) is 12.4. The number of alkyl halides is 3. The summed E-state index contributed by atoms with van der Waals surface area (Å²) in [7, 11) is 3.26. The van der Waals surface area contributed by atoms with E-state index in [0.717, 1.165) is 22.9 Å². The van der Waals surface area contributed by atoms with Gasteiger partial charge in [-0.3, -0.25) is 5.32 Å². The van der Waals surface area contributed by atoms with Gasteiger partial charge >= 0.3 is 12.2 Å². The zero-order chi connectivity index (χ0) is 28.3. The van der Waals surface area contributed by atoms with Crippen molar-refractivity contribution in [3.63, 3.8) is 0 Å². The number of halogens is 3. The molecule has 0 bridgehead atoms. The first kappa shape index (κ1) is 30.4. The van der Waals surface area contributed by atoms with Crippen molar-refractivity contribution in [3.05, 3.63) is 82.7 Å². The molecule has 3 N–H and O–H groups in total. The van der Waals surface area contributed by atoms with Gasteiger partial charge in [-0.15, -0.1) is 0 Å². The molecule has 0 unspecified atom stereocenters. The number of carbonyl (C=O) groups excluding carboxylic acids is 1. The van der Waals surface area contributed by atoms with Gasteiger partial charge in [0.15, 0.2) is 0 Å². The number of carbonyl (C=O) groups is 1. The van der Waals surface area contributed by atoms with E-state index in [-0.39, 0.29) is 18.7 Å². The van der Waals surface area contributed by atoms with Gasteiger partial charge in [0.05, 0.1) is 23.6 Å². The summed E-state index contributed by atoms with van der Waals surface area (Å²) in [6.07, 6.45) is -2.00. The molecule has 7 nitrogen and oxygen atoms in total. The van der Waals surface area contributed by atoms with E-state index in [1.54, 1.807) is 11.7 Å². The van der Waals surface area contributed by atoms with Gasteiger partial charge in [0.2, 0.25) is 0 Å². The maximum Gasteiger partial charge on any atom is 0.416 e. The molecule has 206 valence electrons. The second kappa shape index (κ2) is 14.2. The summed E-state index contributed by atoms with van der Waals surface area (Å²) in [4.78, 5) is 12.9. The monoisotopic (exact) mass is 531 g/mol. The van der Waals surface area contributed by atoms with Gasteiger partial charge in [-0.1, -0.05) is 51.1 Å². The normalized spacial score (nSPS) is 11.4. The zero-order valence-electron chi connectivity index (χ0n) is 22.7. The van der Waals surface area contributed by atoms with Crippen LogP contribution in [-0.4, -0.2) is 30.0 Å². The molecule has 0 saturated heterocycles. The van der Waals surface area contributed by atoms with Crippen LogP contribution in [0, 0.1) is 6.92 Å². The maximum absolute atomic E-state index is 13.5. The number of rotatable bonds is 9. The van der Waals surface area contributed by atoms with Crippen molar-refractivity contribution in [1.82, 2.24) is 20.4 Å². The van der Waals surface area contributed by atoms with E-state index in [4.69, 9.17) is 9.84 Å². The van der Waals surface area contributed by atoms with E-state index in [9.17, 15) is 18.0 Å². The van der Waals surface area contributed by atoms with Crippen molar-refractivity contribution in [1.29, 1.82) is 0 Å². The Morgan fingerprint density at radius 3 is 2.39 bits per heavy atom. The number of hydrogen-bond acceptors (Lipinski definition) is 4. The predicted octanol–water partition coefficient (Wildman–Crippen LogP) is 6.66. The number of nitrogens with zero attached hydrogens (tertiary/aromatic N) is 2. The highest BCUT2D eigenvalue weighted by molar-refractivity contribution is 5.90. The third-order valence-corrected chi connectivity index (χ3v) is 5.58. The molecule has 0 aliphatic heterocycles. The predicted molar refractivity (Wildman–Crippen MR) is 145 cm³/mol. The standard InChI is InChI=1S/C26H30F3N5O2.C2H6/c1-5-19(14-30-3)23-17(2)24(34(33-23)21-9-7-6-8-10-21)32-25(35)31-15-20-13-18(16-36-4)11-12-22(20)26(27,28)29;1-2/h6-14,30H,5,15-16H2,1-4H3,(H2,31,32,35);1-2H3/b19-14+;. The van der Waals surface area contributed by atoms with Crippen LogP contribution in [0.25, 0.3) is 11.3 Å². The summed E-state index contributed by atoms with van der Waals surface area (Å²) >= 11 is 0.